The summed E-state index contributed by atoms with van der Waals surface area (Å²) in [5.41, 5.74) is 0.688. The standard InChI is InChI=1S/C13H16O3/c1-9(2)16-13(15)10(3)12(14)11-7-5-4-6-8-11/h4-9,12,14H,3H2,1-2H3. The fourth-order valence-corrected chi connectivity index (χ4v) is 1.24. The highest BCUT2D eigenvalue weighted by molar-refractivity contribution is 5.89. The molecule has 1 aromatic carbocycles. The summed E-state index contributed by atoms with van der Waals surface area (Å²) in [6, 6.07) is 8.89. The number of carbonyl (C=O) groups excluding carboxylic acids is 1. The van der Waals surface area contributed by atoms with Gasteiger partial charge < -0.3 is 9.84 Å². The van der Waals surface area contributed by atoms with Gasteiger partial charge in [0, 0.05) is 0 Å². The topological polar surface area (TPSA) is 46.5 Å². The molecule has 1 rings (SSSR count). The van der Waals surface area contributed by atoms with Crippen molar-refractivity contribution in [1.82, 2.24) is 0 Å². The molecular formula is C13H16O3. The van der Waals surface area contributed by atoms with E-state index >= 15 is 0 Å². The first-order valence-electron chi connectivity index (χ1n) is 5.15. The molecule has 3 heteroatoms. The van der Waals surface area contributed by atoms with E-state index in [-0.39, 0.29) is 11.7 Å². The van der Waals surface area contributed by atoms with Gasteiger partial charge in [0.1, 0.15) is 6.10 Å². The van der Waals surface area contributed by atoms with Gasteiger partial charge in [0.2, 0.25) is 0 Å². The molecule has 1 N–H and O–H groups in total. The Hall–Kier alpha value is -1.61. The molecule has 0 fully saturated rings. The third-order valence-electron chi connectivity index (χ3n) is 2.05. The summed E-state index contributed by atoms with van der Waals surface area (Å²) in [7, 11) is 0. The minimum atomic E-state index is -1.01. The van der Waals surface area contributed by atoms with Gasteiger partial charge in [-0.05, 0) is 19.4 Å². The van der Waals surface area contributed by atoms with Crippen LogP contribution in [0.3, 0.4) is 0 Å². The van der Waals surface area contributed by atoms with Crippen molar-refractivity contribution in [2.45, 2.75) is 26.1 Å². The van der Waals surface area contributed by atoms with Gasteiger partial charge in [-0.3, -0.25) is 0 Å². The second kappa shape index (κ2) is 5.47. The Morgan fingerprint density at radius 2 is 1.88 bits per heavy atom. The molecular weight excluding hydrogens is 204 g/mol. The molecule has 0 radical (unpaired) electrons. The van der Waals surface area contributed by atoms with Crippen molar-refractivity contribution in [2.24, 2.45) is 0 Å². The molecule has 0 aliphatic heterocycles. The highest BCUT2D eigenvalue weighted by Gasteiger charge is 2.20. The summed E-state index contributed by atoms with van der Waals surface area (Å²) >= 11 is 0. The third-order valence-corrected chi connectivity index (χ3v) is 2.05. The maximum Gasteiger partial charge on any atom is 0.336 e. The molecule has 0 heterocycles. The normalized spacial score (nSPS) is 12.2. The van der Waals surface area contributed by atoms with Crippen LogP contribution >= 0.6 is 0 Å². The Morgan fingerprint density at radius 3 is 2.38 bits per heavy atom. The number of ether oxygens (including phenoxy) is 1. The number of carbonyl (C=O) groups is 1. The molecule has 0 spiro atoms. The molecule has 0 saturated heterocycles. The highest BCUT2D eigenvalue weighted by Crippen LogP contribution is 2.21. The van der Waals surface area contributed by atoms with Gasteiger partial charge in [0.05, 0.1) is 11.7 Å². The number of benzene rings is 1. The second-order valence-corrected chi connectivity index (χ2v) is 3.79. The van der Waals surface area contributed by atoms with Crippen LogP contribution in [0, 0.1) is 0 Å². The lowest BCUT2D eigenvalue weighted by Crippen LogP contribution is -2.17. The molecule has 1 unspecified atom stereocenters. The van der Waals surface area contributed by atoms with Crippen molar-refractivity contribution in [2.75, 3.05) is 0 Å². The van der Waals surface area contributed by atoms with E-state index < -0.39 is 12.1 Å². The first kappa shape index (κ1) is 12.5. The van der Waals surface area contributed by atoms with Gasteiger partial charge in [-0.25, -0.2) is 4.79 Å². The molecule has 0 saturated carbocycles. The summed E-state index contributed by atoms with van der Waals surface area (Å²) in [6.07, 6.45) is -1.22. The van der Waals surface area contributed by atoms with Crippen LogP contribution in [0.5, 0.6) is 0 Å². The van der Waals surface area contributed by atoms with Crippen LogP contribution in [-0.2, 0) is 9.53 Å². The number of hydrogen-bond acceptors (Lipinski definition) is 3. The van der Waals surface area contributed by atoms with Crippen molar-refractivity contribution < 1.29 is 14.6 Å². The van der Waals surface area contributed by atoms with E-state index in [1.807, 2.05) is 6.07 Å². The molecule has 86 valence electrons. The van der Waals surface area contributed by atoms with Gasteiger partial charge in [-0.2, -0.15) is 0 Å². The summed E-state index contributed by atoms with van der Waals surface area (Å²) in [5.74, 6) is -0.564. The first-order valence-corrected chi connectivity index (χ1v) is 5.15. The van der Waals surface area contributed by atoms with Crippen molar-refractivity contribution in [3.05, 3.63) is 48.0 Å². The Labute approximate surface area is 95.4 Å². The molecule has 0 aliphatic rings. The zero-order chi connectivity index (χ0) is 12.1. The molecule has 0 aliphatic carbocycles. The van der Waals surface area contributed by atoms with Crippen LogP contribution < -0.4 is 0 Å². The van der Waals surface area contributed by atoms with Crippen molar-refractivity contribution >= 4 is 5.97 Å². The van der Waals surface area contributed by atoms with Crippen molar-refractivity contribution in [3.63, 3.8) is 0 Å². The Balaban J connectivity index is 2.72. The summed E-state index contributed by atoms with van der Waals surface area (Å²) < 4.78 is 4.96. The lowest BCUT2D eigenvalue weighted by atomic mass is 10.0. The largest absolute Gasteiger partial charge is 0.460 e. The number of hydrogen-bond donors (Lipinski definition) is 1. The summed E-state index contributed by atoms with van der Waals surface area (Å²) in [6.45, 7) is 7.06. The SMILES string of the molecule is C=C(C(=O)OC(C)C)C(O)c1ccccc1. The van der Waals surface area contributed by atoms with Crippen LogP contribution in [0.25, 0.3) is 0 Å². The number of aliphatic hydroxyl groups is 1. The third kappa shape index (κ3) is 3.21. The predicted molar refractivity (Wildman–Crippen MR) is 61.8 cm³/mol. The summed E-state index contributed by atoms with van der Waals surface area (Å²) in [5, 5.41) is 9.87. The maximum atomic E-state index is 11.5. The zero-order valence-corrected chi connectivity index (χ0v) is 9.51. The molecule has 1 aromatic rings. The Bertz CT molecular complexity index is 368. The molecule has 16 heavy (non-hydrogen) atoms. The van der Waals surface area contributed by atoms with Crippen LogP contribution in [0.4, 0.5) is 0 Å². The lowest BCUT2D eigenvalue weighted by molar-refractivity contribution is -0.143. The smallest absolute Gasteiger partial charge is 0.336 e. The van der Waals surface area contributed by atoms with Crippen molar-refractivity contribution in [3.8, 4) is 0 Å². The van der Waals surface area contributed by atoms with E-state index in [4.69, 9.17) is 4.74 Å². The lowest BCUT2D eigenvalue weighted by Gasteiger charge is -2.14. The Morgan fingerprint density at radius 1 is 1.31 bits per heavy atom. The van der Waals surface area contributed by atoms with E-state index in [0.29, 0.717) is 5.56 Å². The molecule has 0 amide bonds. The van der Waals surface area contributed by atoms with Crippen molar-refractivity contribution in [1.29, 1.82) is 0 Å². The predicted octanol–water partition coefficient (Wildman–Crippen LogP) is 2.23. The average Bonchev–Trinajstić information content (AvgIpc) is 2.27. The summed E-state index contributed by atoms with van der Waals surface area (Å²) in [4.78, 5) is 11.5. The minimum absolute atomic E-state index is 0.0555. The zero-order valence-electron chi connectivity index (χ0n) is 9.51. The van der Waals surface area contributed by atoms with Crippen LogP contribution in [0.2, 0.25) is 0 Å². The number of rotatable bonds is 4. The molecule has 0 bridgehead atoms. The van der Waals surface area contributed by atoms with E-state index in [1.54, 1.807) is 38.1 Å². The van der Waals surface area contributed by atoms with Gasteiger partial charge in [-0.15, -0.1) is 0 Å². The fraction of sp³-hybridized carbons (Fsp3) is 0.308. The van der Waals surface area contributed by atoms with Crippen LogP contribution in [0.15, 0.2) is 42.5 Å². The van der Waals surface area contributed by atoms with E-state index in [0.717, 1.165) is 0 Å². The van der Waals surface area contributed by atoms with Gasteiger partial charge in [0.25, 0.3) is 0 Å². The second-order valence-electron chi connectivity index (χ2n) is 3.79. The number of aliphatic hydroxyl groups excluding tert-OH is 1. The maximum absolute atomic E-state index is 11.5. The van der Waals surface area contributed by atoms with Gasteiger partial charge in [0.15, 0.2) is 0 Å². The van der Waals surface area contributed by atoms with Crippen LogP contribution in [-0.4, -0.2) is 17.2 Å². The fourth-order valence-electron chi connectivity index (χ4n) is 1.24. The van der Waals surface area contributed by atoms with Gasteiger partial charge >= 0.3 is 5.97 Å². The molecule has 0 aromatic heterocycles. The average molecular weight is 220 g/mol. The van der Waals surface area contributed by atoms with E-state index in [2.05, 4.69) is 6.58 Å². The molecule has 1 atom stereocenters. The van der Waals surface area contributed by atoms with Gasteiger partial charge in [-0.1, -0.05) is 36.9 Å². The Kier molecular flexibility index (Phi) is 4.26. The first-order chi connectivity index (χ1) is 7.52. The quantitative estimate of drug-likeness (QED) is 0.625. The molecule has 3 nitrogen and oxygen atoms in total. The van der Waals surface area contributed by atoms with E-state index in [1.165, 1.54) is 0 Å². The van der Waals surface area contributed by atoms with E-state index in [9.17, 15) is 9.90 Å². The monoisotopic (exact) mass is 220 g/mol. The highest BCUT2D eigenvalue weighted by atomic mass is 16.5. The number of esters is 1. The van der Waals surface area contributed by atoms with Crippen LogP contribution in [0.1, 0.15) is 25.5 Å². The minimum Gasteiger partial charge on any atom is -0.460 e.